The first-order valence-electron chi connectivity index (χ1n) is 6.62. The standard InChI is InChI=1S/C15H26N2/c1-6-13(3)17-10-8-14(9-11-17)16-12-15(4,5)7-2/h2,14,16H,3,6,8-12H2,1,4-5H3. The van der Waals surface area contributed by atoms with Gasteiger partial charge in [-0.2, -0.15) is 0 Å². The highest BCUT2D eigenvalue weighted by Crippen LogP contribution is 2.18. The summed E-state index contributed by atoms with van der Waals surface area (Å²) >= 11 is 0. The summed E-state index contributed by atoms with van der Waals surface area (Å²) in [5, 5.41) is 3.59. The fourth-order valence-corrected chi connectivity index (χ4v) is 2.07. The van der Waals surface area contributed by atoms with E-state index in [1.165, 1.54) is 18.5 Å². The molecular weight excluding hydrogens is 208 g/mol. The van der Waals surface area contributed by atoms with Gasteiger partial charge in [0.2, 0.25) is 0 Å². The van der Waals surface area contributed by atoms with Crippen molar-refractivity contribution in [1.82, 2.24) is 10.2 Å². The van der Waals surface area contributed by atoms with Crippen LogP contribution in [0.25, 0.3) is 0 Å². The van der Waals surface area contributed by atoms with Gasteiger partial charge in [0.25, 0.3) is 0 Å². The SMILES string of the molecule is C#CC(C)(C)CNC1CCN(C(=C)CC)CC1. The molecule has 0 spiro atoms. The molecule has 0 radical (unpaired) electrons. The predicted octanol–water partition coefficient (Wildman–Crippen LogP) is 2.62. The van der Waals surface area contributed by atoms with Gasteiger partial charge in [0, 0.05) is 36.8 Å². The Morgan fingerprint density at radius 3 is 2.53 bits per heavy atom. The maximum absolute atomic E-state index is 5.49. The highest BCUT2D eigenvalue weighted by Gasteiger charge is 2.21. The molecule has 0 amide bonds. The smallest absolute Gasteiger partial charge is 0.0380 e. The summed E-state index contributed by atoms with van der Waals surface area (Å²) in [5.74, 6) is 2.83. The Morgan fingerprint density at radius 2 is 2.06 bits per heavy atom. The molecule has 0 aromatic heterocycles. The Kier molecular flexibility index (Phi) is 5.08. The molecule has 0 saturated carbocycles. The summed E-state index contributed by atoms with van der Waals surface area (Å²) < 4.78 is 0. The number of allylic oxidation sites excluding steroid dienone is 1. The molecule has 1 fully saturated rings. The van der Waals surface area contributed by atoms with Gasteiger partial charge in [-0.15, -0.1) is 6.42 Å². The van der Waals surface area contributed by atoms with Crippen molar-refractivity contribution in [2.75, 3.05) is 19.6 Å². The minimum Gasteiger partial charge on any atom is -0.375 e. The number of likely N-dealkylation sites (tertiary alicyclic amines) is 1. The van der Waals surface area contributed by atoms with Gasteiger partial charge in [-0.25, -0.2) is 0 Å². The fraction of sp³-hybridized carbons (Fsp3) is 0.733. The number of hydrogen-bond acceptors (Lipinski definition) is 2. The zero-order valence-electron chi connectivity index (χ0n) is 11.6. The van der Waals surface area contributed by atoms with E-state index in [0.29, 0.717) is 6.04 Å². The van der Waals surface area contributed by atoms with Crippen LogP contribution >= 0.6 is 0 Å². The monoisotopic (exact) mass is 234 g/mol. The average molecular weight is 234 g/mol. The van der Waals surface area contributed by atoms with Crippen LogP contribution in [0.5, 0.6) is 0 Å². The number of hydrogen-bond donors (Lipinski definition) is 1. The van der Waals surface area contributed by atoms with E-state index in [-0.39, 0.29) is 5.41 Å². The fourth-order valence-electron chi connectivity index (χ4n) is 2.07. The van der Waals surface area contributed by atoms with Gasteiger partial charge >= 0.3 is 0 Å². The first-order chi connectivity index (χ1) is 7.98. The van der Waals surface area contributed by atoms with Crippen LogP contribution in [-0.4, -0.2) is 30.6 Å². The van der Waals surface area contributed by atoms with Gasteiger partial charge in [0.15, 0.2) is 0 Å². The van der Waals surface area contributed by atoms with E-state index in [4.69, 9.17) is 6.42 Å². The van der Waals surface area contributed by atoms with Crippen molar-refractivity contribution in [3.05, 3.63) is 12.3 Å². The lowest BCUT2D eigenvalue weighted by atomic mass is 9.93. The van der Waals surface area contributed by atoms with E-state index < -0.39 is 0 Å². The molecule has 0 aromatic rings. The molecule has 2 nitrogen and oxygen atoms in total. The molecule has 1 aliphatic heterocycles. The summed E-state index contributed by atoms with van der Waals surface area (Å²) in [6.07, 6.45) is 8.94. The molecule has 1 aliphatic rings. The maximum Gasteiger partial charge on any atom is 0.0380 e. The quantitative estimate of drug-likeness (QED) is 0.736. The second kappa shape index (κ2) is 6.12. The average Bonchev–Trinajstić information content (AvgIpc) is 2.36. The number of nitrogens with one attached hydrogen (secondary N) is 1. The van der Waals surface area contributed by atoms with Gasteiger partial charge in [-0.05, 0) is 33.1 Å². The predicted molar refractivity (Wildman–Crippen MR) is 74.6 cm³/mol. The second-order valence-electron chi connectivity index (χ2n) is 5.59. The van der Waals surface area contributed by atoms with E-state index in [0.717, 1.165) is 26.1 Å². The molecule has 0 aromatic carbocycles. The lowest BCUT2D eigenvalue weighted by molar-refractivity contribution is 0.230. The minimum absolute atomic E-state index is 0.0375. The van der Waals surface area contributed by atoms with Crippen LogP contribution in [-0.2, 0) is 0 Å². The van der Waals surface area contributed by atoms with Crippen molar-refractivity contribution in [2.45, 2.75) is 46.1 Å². The summed E-state index contributed by atoms with van der Waals surface area (Å²) in [6.45, 7) is 13.6. The third kappa shape index (κ3) is 4.44. The highest BCUT2D eigenvalue weighted by molar-refractivity contribution is 5.02. The molecule has 1 saturated heterocycles. The molecule has 1 N–H and O–H groups in total. The van der Waals surface area contributed by atoms with E-state index in [1.54, 1.807) is 0 Å². The molecule has 0 unspecified atom stereocenters. The zero-order chi connectivity index (χ0) is 12.9. The molecule has 1 rings (SSSR count). The van der Waals surface area contributed by atoms with Crippen LogP contribution in [0.2, 0.25) is 0 Å². The first kappa shape index (κ1) is 14.1. The summed E-state index contributed by atoms with van der Waals surface area (Å²) in [4.78, 5) is 2.41. The van der Waals surface area contributed by atoms with Crippen molar-refractivity contribution in [1.29, 1.82) is 0 Å². The Labute approximate surface area is 106 Å². The van der Waals surface area contributed by atoms with Gasteiger partial charge in [0.05, 0.1) is 0 Å². The van der Waals surface area contributed by atoms with Crippen LogP contribution < -0.4 is 5.32 Å². The first-order valence-corrected chi connectivity index (χ1v) is 6.62. The third-order valence-corrected chi connectivity index (χ3v) is 3.57. The van der Waals surface area contributed by atoms with E-state index in [9.17, 15) is 0 Å². The Morgan fingerprint density at radius 1 is 1.47 bits per heavy atom. The minimum atomic E-state index is -0.0375. The van der Waals surface area contributed by atoms with Crippen LogP contribution in [0.1, 0.15) is 40.0 Å². The number of piperidine rings is 1. The second-order valence-corrected chi connectivity index (χ2v) is 5.59. The summed E-state index contributed by atoms with van der Waals surface area (Å²) in [5.41, 5.74) is 1.23. The van der Waals surface area contributed by atoms with Crippen LogP contribution in [0.4, 0.5) is 0 Å². The van der Waals surface area contributed by atoms with Crippen molar-refractivity contribution in [3.63, 3.8) is 0 Å². The molecule has 0 atom stereocenters. The van der Waals surface area contributed by atoms with E-state index in [1.807, 2.05) is 0 Å². The number of terminal acetylenes is 1. The molecule has 17 heavy (non-hydrogen) atoms. The molecule has 96 valence electrons. The molecule has 0 bridgehead atoms. The number of nitrogens with zero attached hydrogens (tertiary/aromatic N) is 1. The van der Waals surface area contributed by atoms with Gasteiger partial charge in [-0.3, -0.25) is 0 Å². The van der Waals surface area contributed by atoms with Crippen molar-refractivity contribution < 1.29 is 0 Å². The number of rotatable bonds is 5. The molecule has 0 aliphatic carbocycles. The Bertz CT molecular complexity index is 291. The zero-order valence-corrected chi connectivity index (χ0v) is 11.6. The largest absolute Gasteiger partial charge is 0.375 e. The van der Waals surface area contributed by atoms with Crippen LogP contribution in [0.3, 0.4) is 0 Å². The lowest BCUT2D eigenvalue weighted by Crippen LogP contribution is -2.44. The van der Waals surface area contributed by atoms with Crippen molar-refractivity contribution in [3.8, 4) is 12.3 Å². The molecule has 2 heteroatoms. The highest BCUT2D eigenvalue weighted by atomic mass is 15.1. The van der Waals surface area contributed by atoms with E-state index in [2.05, 4.69) is 43.5 Å². The third-order valence-electron chi connectivity index (χ3n) is 3.57. The Hall–Kier alpha value is -0.940. The van der Waals surface area contributed by atoms with Gasteiger partial charge in [0.1, 0.15) is 0 Å². The van der Waals surface area contributed by atoms with Gasteiger partial charge < -0.3 is 10.2 Å². The lowest BCUT2D eigenvalue weighted by Gasteiger charge is -2.36. The summed E-state index contributed by atoms with van der Waals surface area (Å²) in [6, 6.07) is 0.614. The van der Waals surface area contributed by atoms with Crippen LogP contribution in [0.15, 0.2) is 12.3 Å². The van der Waals surface area contributed by atoms with Crippen molar-refractivity contribution in [2.24, 2.45) is 5.41 Å². The Balaban J connectivity index is 2.29. The van der Waals surface area contributed by atoms with E-state index >= 15 is 0 Å². The topological polar surface area (TPSA) is 15.3 Å². The summed E-state index contributed by atoms with van der Waals surface area (Å²) in [7, 11) is 0. The maximum atomic E-state index is 5.49. The van der Waals surface area contributed by atoms with Crippen molar-refractivity contribution >= 4 is 0 Å². The van der Waals surface area contributed by atoms with Crippen LogP contribution in [0, 0.1) is 17.8 Å². The molecular formula is C15H26N2. The van der Waals surface area contributed by atoms with Gasteiger partial charge in [-0.1, -0.05) is 19.4 Å². The molecule has 1 heterocycles. The normalized spacial score (nSPS) is 17.9.